The normalized spacial score (nSPS) is 26.2. The molecule has 0 aromatic rings. The molecule has 3 atom stereocenters. The van der Waals surface area contributed by atoms with Crippen molar-refractivity contribution in [3.63, 3.8) is 0 Å². The highest BCUT2D eigenvalue weighted by atomic mass is 19.3. The van der Waals surface area contributed by atoms with Gasteiger partial charge >= 0.3 is 30.3 Å². The highest BCUT2D eigenvalue weighted by Crippen LogP contribution is 2.56. The Morgan fingerprint density at radius 1 is 1.12 bits per heavy atom. The van der Waals surface area contributed by atoms with E-state index >= 15 is 0 Å². The first-order valence-electron chi connectivity index (χ1n) is 10.3. The van der Waals surface area contributed by atoms with E-state index in [2.05, 4.69) is 4.99 Å². The van der Waals surface area contributed by atoms with Crippen molar-refractivity contribution in [1.82, 2.24) is 4.90 Å². The summed E-state index contributed by atoms with van der Waals surface area (Å²) in [4.78, 5) is 46.3. The first kappa shape index (κ1) is 27.5. The monoisotopic (exact) mass is 462 g/mol. The summed E-state index contributed by atoms with van der Waals surface area (Å²) in [6.07, 6.45) is -0.580. The Balaban J connectivity index is 0.00000161. The highest BCUT2D eigenvalue weighted by molar-refractivity contribution is 6.06. The molecule has 0 bridgehead atoms. The van der Waals surface area contributed by atoms with Crippen LogP contribution >= 0.6 is 0 Å². The lowest BCUT2D eigenvalue weighted by molar-refractivity contribution is -0.191. The van der Waals surface area contributed by atoms with Crippen LogP contribution in [0.15, 0.2) is 4.99 Å². The van der Waals surface area contributed by atoms with Crippen LogP contribution in [0.5, 0.6) is 0 Å². The molecule has 1 fully saturated rings. The van der Waals surface area contributed by atoms with E-state index in [9.17, 15) is 18.4 Å². The first-order valence-corrected chi connectivity index (χ1v) is 10.3. The Hall–Kier alpha value is -2.55. The van der Waals surface area contributed by atoms with Crippen molar-refractivity contribution in [3.05, 3.63) is 0 Å². The number of aliphatic imine (C=N–C) groups is 1. The highest BCUT2D eigenvalue weighted by Gasteiger charge is 2.65. The molecule has 2 rings (SSSR count). The average Bonchev–Trinajstić information content (AvgIpc) is 3.36. The molecule has 0 saturated heterocycles. The van der Waals surface area contributed by atoms with E-state index in [-0.39, 0.29) is 18.0 Å². The SMILES string of the molecule is CC[C@@H]1C[C@H]1[C@@]1(C)N=C(N(C(=O)OC(C)(C)C)C(=O)OC(C)(C)C)OCC1(F)F.O=C=O. The van der Waals surface area contributed by atoms with E-state index in [4.69, 9.17) is 23.8 Å². The molecule has 2 aliphatic rings. The van der Waals surface area contributed by atoms with Crippen LogP contribution in [-0.4, -0.2) is 58.5 Å². The third-order valence-corrected chi connectivity index (χ3v) is 4.96. The van der Waals surface area contributed by atoms with Crippen LogP contribution < -0.4 is 0 Å². The summed E-state index contributed by atoms with van der Waals surface area (Å²) in [6.45, 7) is 12.0. The summed E-state index contributed by atoms with van der Waals surface area (Å²) < 4.78 is 45.1. The zero-order valence-electron chi connectivity index (χ0n) is 19.8. The van der Waals surface area contributed by atoms with Crippen molar-refractivity contribution < 1.29 is 42.2 Å². The molecule has 1 saturated carbocycles. The maximum atomic E-state index is 14.8. The van der Waals surface area contributed by atoms with E-state index in [0.29, 0.717) is 11.3 Å². The molecular weight excluding hydrogens is 430 g/mol. The predicted octanol–water partition coefficient (Wildman–Crippen LogP) is 4.40. The number of amides is 2. The molecule has 0 unspecified atom stereocenters. The van der Waals surface area contributed by atoms with Gasteiger partial charge in [0.25, 0.3) is 0 Å². The topological polar surface area (TPSA) is 112 Å². The summed E-state index contributed by atoms with van der Waals surface area (Å²) in [5.74, 6) is -3.48. The number of amidine groups is 1. The van der Waals surface area contributed by atoms with Crippen LogP contribution in [0.1, 0.15) is 68.2 Å². The van der Waals surface area contributed by atoms with Crippen molar-refractivity contribution in [2.75, 3.05) is 6.61 Å². The Bertz CT molecular complexity index is 752. The largest absolute Gasteiger partial charge is 0.458 e. The van der Waals surface area contributed by atoms with Gasteiger partial charge in [0.15, 0.2) is 6.61 Å². The van der Waals surface area contributed by atoms with Gasteiger partial charge in [-0.25, -0.2) is 23.4 Å². The second kappa shape index (κ2) is 9.52. The molecule has 32 heavy (non-hydrogen) atoms. The Labute approximate surface area is 186 Å². The molecule has 0 aromatic heterocycles. The minimum absolute atomic E-state index is 0.116. The lowest BCUT2D eigenvalue weighted by atomic mass is 9.86. The molecule has 0 radical (unpaired) electrons. The lowest BCUT2D eigenvalue weighted by Crippen LogP contribution is -2.58. The molecule has 182 valence electrons. The fourth-order valence-electron chi connectivity index (χ4n) is 3.32. The van der Waals surface area contributed by atoms with Gasteiger partial charge in [0.1, 0.15) is 16.7 Å². The van der Waals surface area contributed by atoms with Crippen LogP contribution in [0.2, 0.25) is 0 Å². The number of imide groups is 1. The van der Waals surface area contributed by atoms with Gasteiger partial charge in [0, 0.05) is 0 Å². The number of rotatable bonds is 2. The fraction of sp³-hybridized carbons (Fsp3) is 0.810. The van der Waals surface area contributed by atoms with Gasteiger partial charge in [0.2, 0.25) is 0 Å². The predicted molar refractivity (Wildman–Crippen MR) is 108 cm³/mol. The maximum absolute atomic E-state index is 14.8. The molecule has 1 aliphatic heterocycles. The number of nitrogens with zero attached hydrogens (tertiary/aromatic N) is 2. The summed E-state index contributed by atoms with van der Waals surface area (Å²) >= 11 is 0. The van der Waals surface area contributed by atoms with Crippen LogP contribution in [0.4, 0.5) is 18.4 Å². The Morgan fingerprint density at radius 3 is 1.91 bits per heavy atom. The fourth-order valence-corrected chi connectivity index (χ4v) is 3.32. The van der Waals surface area contributed by atoms with Crippen molar-refractivity contribution in [1.29, 1.82) is 0 Å². The van der Waals surface area contributed by atoms with Gasteiger partial charge in [-0.1, -0.05) is 13.3 Å². The average molecular weight is 462 g/mol. The standard InChI is InChI=1S/C20H32F2N2O5.CO2/c1-9-12-10-13(12)19(8)20(21,22)11-27-14(23-19)24(15(25)28-17(2,3)4)16(26)29-18(5,6)7;2-1-3/h12-13H,9-11H2,1-8H3;/t12-,13-,19-;/m1./s1. The second-order valence-electron chi connectivity index (χ2n) is 9.92. The first-order chi connectivity index (χ1) is 14.4. The minimum atomic E-state index is -3.24. The quantitative estimate of drug-likeness (QED) is 0.598. The molecule has 0 spiro atoms. The summed E-state index contributed by atoms with van der Waals surface area (Å²) in [7, 11) is 0. The van der Waals surface area contributed by atoms with Crippen LogP contribution in [0.3, 0.4) is 0 Å². The van der Waals surface area contributed by atoms with Gasteiger partial charge in [-0.15, -0.1) is 4.90 Å². The van der Waals surface area contributed by atoms with Gasteiger partial charge in [-0.3, -0.25) is 0 Å². The van der Waals surface area contributed by atoms with Crippen molar-refractivity contribution in [2.24, 2.45) is 16.8 Å². The molecule has 0 N–H and O–H groups in total. The van der Waals surface area contributed by atoms with Crippen molar-refractivity contribution in [2.45, 2.75) is 90.9 Å². The van der Waals surface area contributed by atoms with Crippen molar-refractivity contribution >= 4 is 24.4 Å². The van der Waals surface area contributed by atoms with Gasteiger partial charge in [-0.05, 0) is 66.7 Å². The van der Waals surface area contributed by atoms with Crippen LogP contribution in [-0.2, 0) is 23.8 Å². The number of alkyl halides is 2. The van der Waals surface area contributed by atoms with Crippen LogP contribution in [0, 0.1) is 11.8 Å². The third-order valence-electron chi connectivity index (χ3n) is 4.96. The summed E-state index contributed by atoms with van der Waals surface area (Å²) in [5.41, 5.74) is -3.64. The number of halogens is 2. The van der Waals surface area contributed by atoms with E-state index in [0.717, 1.165) is 6.42 Å². The lowest BCUT2D eigenvalue weighted by Gasteiger charge is -2.40. The molecule has 0 aromatic carbocycles. The molecule has 1 aliphatic carbocycles. The number of ether oxygens (including phenoxy) is 3. The molecule has 9 nitrogen and oxygen atoms in total. The Kier molecular flexibility index (Phi) is 8.18. The zero-order chi connectivity index (χ0) is 25.1. The maximum Gasteiger partial charge on any atom is 0.428 e. The zero-order valence-corrected chi connectivity index (χ0v) is 19.8. The van der Waals surface area contributed by atoms with Crippen LogP contribution in [0.25, 0.3) is 0 Å². The third kappa shape index (κ3) is 6.72. The van der Waals surface area contributed by atoms with E-state index < -0.39 is 47.5 Å². The van der Waals surface area contributed by atoms with E-state index in [1.165, 1.54) is 6.92 Å². The summed E-state index contributed by atoms with van der Waals surface area (Å²) in [5, 5.41) is 0. The molecule has 11 heteroatoms. The van der Waals surface area contributed by atoms with E-state index in [1.807, 2.05) is 6.92 Å². The van der Waals surface area contributed by atoms with Gasteiger partial charge in [-0.2, -0.15) is 9.59 Å². The number of carbonyl (C=O) groups excluding carboxylic acids is 4. The smallest absolute Gasteiger partial charge is 0.428 e. The second-order valence-corrected chi connectivity index (χ2v) is 9.92. The minimum Gasteiger partial charge on any atom is -0.458 e. The molecule has 1 heterocycles. The molecule has 2 amide bonds. The van der Waals surface area contributed by atoms with Crippen molar-refractivity contribution in [3.8, 4) is 0 Å². The van der Waals surface area contributed by atoms with Gasteiger partial charge in [0.05, 0.1) is 0 Å². The number of carbonyl (C=O) groups is 2. The molecular formula is C21H32F2N2O7. The van der Waals surface area contributed by atoms with Gasteiger partial charge < -0.3 is 14.2 Å². The van der Waals surface area contributed by atoms with E-state index in [1.54, 1.807) is 41.5 Å². The number of hydrogen-bond donors (Lipinski definition) is 0. The Morgan fingerprint density at radius 2 is 1.56 bits per heavy atom. The number of hydrogen-bond acceptors (Lipinski definition) is 8. The summed E-state index contributed by atoms with van der Waals surface area (Å²) in [6, 6.07) is -0.524.